The predicted octanol–water partition coefficient (Wildman–Crippen LogP) is 0.379. The SMILES string of the molecule is C=[N+]([O-])[CH-]C. The van der Waals surface area contributed by atoms with Crippen molar-refractivity contribution in [3.8, 4) is 0 Å². The fourth-order valence-electron chi connectivity index (χ4n) is 0. The lowest BCUT2D eigenvalue weighted by molar-refractivity contribution is -0.400. The van der Waals surface area contributed by atoms with Gasteiger partial charge in [0.05, 0.1) is 0 Å². The first-order valence-corrected chi connectivity index (χ1v) is 1.33. The highest BCUT2D eigenvalue weighted by atomic mass is 16.5. The quantitative estimate of drug-likeness (QED) is 0.144. The first-order valence-electron chi connectivity index (χ1n) is 1.33. The summed E-state index contributed by atoms with van der Waals surface area (Å²) >= 11 is 0. The lowest BCUT2D eigenvalue weighted by atomic mass is 10.8. The average molecular weight is 72.1 g/mol. The van der Waals surface area contributed by atoms with Gasteiger partial charge in [0.2, 0.25) is 0 Å². The van der Waals surface area contributed by atoms with Crippen LogP contribution >= 0.6 is 0 Å². The Hall–Kier alpha value is -0.660. The van der Waals surface area contributed by atoms with Crippen LogP contribution in [0.1, 0.15) is 6.92 Å². The monoisotopic (exact) mass is 72.0 g/mol. The van der Waals surface area contributed by atoms with Crippen LogP contribution in [0.25, 0.3) is 0 Å². The molecule has 0 amide bonds. The van der Waals surface area contributed by atoms with E-state index in [-0.39, 0.29) is 0 Å². The fourth-order valence-corrected chi connectivity index (χ4v) is 0. The summed E-state index contributed by atoms with van der Waals surface area (Å²) in [5.41, 5.74) is 0. The van der Waals surface area contributed by atoms with E-state index in [0.29, 0.717) is 4.74 Å². The third-order valence-electron chi connectivity index (χ3n) is 0.288. The molecule has 0 aromatic rings. The summed E-state index contributed by atoms with van der Waals surface area (Å²) in [7, 11) is 0. The highest BCUT2D eigenvalue weighted by Crippen LogP contribution is 1.65. The smallest absolute Gasteiger partial charge is 0.0106 e. The summed E-state index contributed by atoms with van der Waals surface area (Å²) in [5, 5.41) is 9.56. The zero-order valence-electron chi connectivity index (χ0n) is 3.14. The van der Waals surface area contributed by atoms with Crippen molar-refractivity contribution in [2.45, 2.75) is 6.92 Å². The Balaban J connectivity index is 2.85. The molecule has 0 unspecified atom stereocenters. The summed E-state index contributed by atoms with van der Waals surface area (Å²) in [6.45, 7) is 5.94. The number of rotatable bonds is 1. The Morgan fingerprint density at radius 2 is 2.20 bits per heavy atom. The van der Waals surface area contributed by atoms with Gasteiger partial charge >= 0.3 is 0 Å². The summed E-state index contributed by atoms with van der Waals surface area (Å²) < 4.78 is 0.500. The molecule has 0 aromatic heterocycles. The van der Waals surface area contributed by atoms with Gasteiger partial charge < -0.3 is 9.95 Å². The molecule has 0 aliphatic carbocycles. The minimum Gasteiger partial charge on any atom is -0.651 e. The molecule has 5 heavy (non-hydrogen) atoms. The van der Waals surface area contributed by atoms with Crippen LogP contribution in [0.15, 0.2) is 0 Å². The fraction of sp³-hybridized carbons (Fsp3) is 0.333. The molecule has 0 heterocycles. The van der Waals surface area contributed by atoms with E-state index in [2.05, 4.69) is 6.72 Å². The van der Waals surface area contributed by atoms with E-state index in [4.69, 9.17) is 0 Å². The normalized spacial score (nSPS) is 6.60. The molecule has 0 fully saturated rings. The van der Waals surface area contributed by atoms with Gasteiger partial charge in [0.1, 0.15) is 0 Å². The largest absolute Gasteiger partial charge is 0.651 e. The summed E-state index contributed by atoms with van der Waals surface area (Å²) in [5.74, 6) is 0. The van der Waals surface area contributed by atoms with E-state index in [0.717, 1.165) is 0 Å². The second-order valence-electron chi connectivity index (χ2n) is 0.675. The van der Waals surface area contributed by atoms with Gasteiger partial charge in [-0.15, -0.1) is 0 Å². The van der Waals surface area contributed by atoms with Crippen molar-refractivity contribution in [1.29, 1.82) is 0 Å². The average Bonchev–Trinajstić information content (AvgIpc) is 1.38. The van der Waals surface area contributed by atoms with Crippen molar-refractivity contribution in [2.24, 2.45) is 0 Å². The van der Waals surface area contributed by atoms with Crippen molar-refractivity contribution >= 4 is 6.72 Å². The van der Waals surface area contributed by atoms with Gasteiger partial charge in [0.15, 0.2) is 0 Å². The van der Waals surface area contributed by atoms with Crippen LogP contribution in [0, 0.1) is 11.8 Å². The number of hydrogen-bond donors (Lipinski definition) is 0. The van der Waals surface area contributed by atoms with E-state index >= 15 is 0 Å². The standard InChI is InChI=1S/C3H6NO/c1-3-4(2)5/h3H,2H2,1H3/q-1. The van der Waals surface area contributed by atoms with Crippen molar-refractivity contribution < 1.29 is 4.74 Å². The highest BCUT2D eigenvalue weighted by Gasteiger charge is 1.54. The summed E-state index contributed by atoms with van der Waals surface area (Å²) in [4.78, 5) is 0. The molecule has 0 saturated carbocycles. The third kappa shape index (κ3) is 3.34. The van der Waals surface area contributed by atoms with E-state index in [1.54, 1.807) is 6.92 Å². The molecule has 0 N–H and O–H groups in total. The Morgan fingerprint density at radius 1 is 2.00 bits per heavy atom. The van der Waals surface area contributed by atoms with E-state index in [1.807, 2.05) is 0 Å². The first kappa shape index (κ1) is 4.34. The maximum absolute atomic E-state index is 9.56. The zero-order chi connectivity index (χ0) is 4.28. The van der Waals surface area contributed by atoms with Crippen LogP contribution in [-0.4, -0.2) is 11.5 Å². The van der Waals surface area contributed by atoms with Crippen LogP contribution in [0.3, 0.4) is 0 Å². The maximum Gasteiger partial charge on any atom is 0.0106 e. The first-order chi connectivity index (χ1) is 2.27. The third-order valence-corrected chi connectivity index (χ3v) is 0.288. The van der Waals surface area contributed by atoms with Crippen molar-refractivity contribution in [1.82, 2.24) is 0 Å². The minimum atomic E-state index is 0.500. The van der Waals surface area contributed by atoms with Gasteiger partial charge in [0.25, 0.3) is 0 Å². The molecule has 2 heteroatoms. The van der Waals surface area contributed by atoms with Crippen LogP contribution < -0.4 is 0 Å². The van der Waals surface area contributed by atoms with Gasteiger partial charge in [-0.3, -0.25) is 0 Å². The van der Waals surface area contributed by atoms with Crippen LogP contribution in [0.4, 0.5) is 0 Å². The van der Waals surface area contributed by atoms with Crippen molar-refractivity contribution in [3.05, 3.63) is 11.8 Å². The summed E-state index contributed by atoms with van der Waals surface area (Å²) in [6, 6.07) is 0. The lowest BCUT2D eigenvalue weighted by Crippen LogP contribution is -1.87. The molecule has 0 radical (unpaired) electrons. The molecule has 0 aliphatic rings. The molecule has 0 aromatic carbocycles. The number of hydrogen-bond acceptors (Lipinski definition) is 1. The van der Waals surface area contributed by atoms with Crippen LogP contribution in [-0.2, 0) is 0 Å². The molecule has 0 saturated heterocycles. The van der Waals surface area contributed by atoms with Crippen LogP contribution in [0.5, 0.6) is 0 Å². The molecule has 0 atom stereocenters. The summed E-state index contributed by atoms with van der Waals surface area (Å²) in [6.07, 6.45) is 0. The van der Waals surface area contributed by atoms with Gasteiger partial charge in [0, 0.05) is 13.3 Å². The molecule has 0 bridgehead atoms. The van der Waals surface area contributed by atoms with E-state index in [1.165, 1.54) is 6.54 Å². The molecule has 0 spiro atoms. The molecule has 0 aliphatic heterocycles. The van der Waals surface area contributed by atoms with Gasteiger partial charge in [-0.05, 0) is 0 Å². The van der Waals surface area contributed by atoms with Gasteiger partial charge in [-0.2, -0.15) is 0 Å². The molecule has 0 rings (SSSR count). The molecular formula is C3H6NO-. The Bertz CT molecular complexity index is 42.2. The lowest BCUT2D eigenvalue weighted by Gasteiger charge is -2.01. The maximum atomic E-state index is 9.56. The Labute approximate surface area is 31.3 Å². The van der Waals surface area contributed by atoms with E-state index in [9.17, 15) is 5.21 Å². The Morgan fingerprint density at radius 3 is 2.20 bits per heavy atom. The van der Waals surface area contributed by atoms with Crippen molar-refractivity contribution in [3.63, 3.8) is 0 Å². The van der Waals surface area contributed by atoms with Crippen molar-refractivity contribution in [2.75, 3.05) is 0 Å². The minimum absolute atomic E-state index is 0.500. The molecular weight excluding hydrogens is 66.0 g/mol. The predicted molar refractivity (Wildman–Crippen MR) is 20.7 cm³/mol. The zero-order valence-corrected chi connectivity index (χ0v) is 3.14. The molecule has 30 valence electrons. The van der Waals surface area contributed by atoms with E-state index < -0.39 is 0 Å². The second-order valence-corrected chi connectivity index (χ2v) is 0.675. The topological polar surface area (TPSA) is 26.1 Å². The van der Waals surface area contributed by atoms with Gasteiger partial charge in [-0.1, -0.05) is 6.92 Å². The second kappa shape index (κ2) is 1.64. The van der Waals surface area contributed by atoms with Crippen LogP contribution in [0.2, 0.25) is 0 Å². The number of nitrogens with zero attached hydrogens (tertiary/aromatic N) is 1. The molecule has 2 nitrogen and oxygen atoms in total. The highest BCUT2D eigenvalue weighted by molar-refractivity contribution is 5.14. The number of hydroxylamine groups is 1. The van der Waals surface area contributed by atoms with Gasteiger partial charge in [-0.25, -0.2) is 0 Å². The Kier molecular flexibility index (Phi) is 1.42.